The molecule has 96 valence electrons. The molecular formula is C13H14N6. The number of anilines is 1. The smallest absolute Gasteiger partial charge is 0.160 e. The van der Waals surface area contributed by atoms with Gasteiger partial charge >= 0.3 is 0 Å². The van der Waals surface area contributed by atoms with E-state index < -0.39 is 0 Å². The summed E-state index contributed by atoms with van der Waals surface area (Å²) in [5.74, 6) is 1.26. The van der Waals surface area contributed by atoms with Gasteiger partial charge in [0.05, 0.1) is 11.6 Å². The Morgan fingerprint density at radius 2 is 1.89 bits per heavy atom. The molecule has 3 rings (SSSR count). The van der Waals surface area contributed by atoms with E-state index in [0.29, 0.717) is 5.82 Å². The van der Waals surface area contributed by atoms with Crippen LogP contribution in [0.1, 0.15) is 29.9 Å². The van der Waals surface area contributed by atoms with Gasteiger partial charge < -0.3 is 5.73 Å². The second-order valence-electron chi connectivity index (χ2n) is 4.60. The molecule has 6 nitrogen and oxygen atoms in total. The van der Waals surface area contributed by atoms with Crippen LogP contribution >= 0.6 is 0 Å². The maximum absolute atomic E-state index is 5.55. The van der Waals surface area contributed by atoms with Gasteiger partial charge in [0, 0.05) is 6.20 Å². The van der Waals surface area contributed by atoms with E-state index >= 15 is 0 Å². The van der Waals surface area contributed by atoms with E-state index in [1.807, 2.05) is 42.6 Å². The Morgan fingerprint density at radius 3 is 2.63 bits per heavy atom. The second kappa shape index (κ2) is 4.31. The van der Waals surface area contributed by atoms with Crippen LogP contribution in [0.2, 0.25) is 0 Å². The fourth-order valence-electron chi connectivity index (χ4n) is 2.03. The van der Waals surface area contributed by atoms with Gasteiger partial charge in [-0.2, -0.15) is 5.10 Å². The number of hydrogen-bond donors (Lipinski definition) is 1. The zero-order valence-corrected chi connectivity index (χ0v) is 10.8. The zero-order chi connectivity index (χ0) is 13.4. The van der Waals surface area contributed by atoms with Crippen LogP contribution in [0.15, 0.2) is 30.5 Å². The molecule has 0 aliphatic heterocycles. The number of nitrogen functional groups attached to an aromatic ring is 1. The maximum atomic E-state index is 5.55. The third-order valence-electron chi connectivity index (χ3n) is 3.11. The molecular weight excluding hydrogens is 240 g/mol. The quantitative estimate of drug-likeness (QED) is 0.750. The minimum Gasteiger partial charge on any atom is -0.382 e. The number of fused-ring (bicyclic) bond motifs is 1. The summed E-state index contributed by atoms with van der Waals surface area (Å²) in [7, 11) is 0. The largest absolute Gasteiger partial charge is 0.382 e. The Hall–Kier alpha value is -2.50. The Kier molecular flexibility index (Phi) is 2.63. The highest BCUT2D eigenvalue weighted by atomic mass is 15.3. The van der Waals surface area contributed by atoms with Crippen molar-refractivity contribution in [3.63, 3.8) is 0 Å². The molecule has 0 saturated heterocycles. The topological polar surface area (TPSA) is 82.0 Å². The molecule has 1 unspecified atom stereocenters. The van der Waals surface area contributed by atoms with Crippen LogP contribution < -0.4 is 5.73 Å². The molecule has 19 heavy (non-hydrogen) atoms. The van der Waals surface area contributed by atoms with Crippen molar-refractivity contribution in [3.8, 4) is 0 Å². The lowest BCUT2D eigenvalue weighted by Gasteiger charge is -2.08. The third-order valence-corrected chi connectivity index (χ3v) is 3.11. The lowest BCUT2D eigenvalue weighted by atomic mass is 10.1. The normalized spacial score (nSPS) is 12.7. The SMILES string of the molecule is Cc1ccc2nnc(C(C)c3ccc(N)nn3)n2c1. The summed E-state index contributed by atoms with van der Waals surface area (Å²) in [6.07, 6.45) is 2.02. The average Bonchev–Trinajstić information content (AvgIpc) is 2.81. The molecule has 3 heterocycles. The second-order valence-corrected chi connectivity index (χ2v) is 4.60. The molecule has 0 fully saturated rings. The minimum atomic E-state index is 0.00454. The van der Waals surface area contributed by atoms with Gasteiger partial charge in [-0.25, -0.2) is 0 Å². The first kappa shape index (κ1) is 11.6. The van der Waals surface area contributed by atoms with Crippen LogP contribution in [-0.2, 0) is 0 Å². The molecule has 0 spiro atoms. The van der Waals surface area contributed by atoms with Gasteiger partial charge in [0.25, 0.3) is 0 Å². The van der Waals surface area contributed by atoms with Crippen LogP contribution in [0, 0.1) is 6.92 Å². The molecule has 1 atom stereocenters. The fraction of sp³-hybridized carbons (Fsp3) is 0.231. The van der Waals surface area contributed by atoms with Crippen molar-refractivity contribution in [2.24, 2.45) is 0 Å². The number of rotatable bonds is 2. The van der Waals surface area contributed by atoms with Gasteiger partial charge in [0.1, 0.15) is 11.6 Å². The number of hydrogen-bond acceptors (Lipinski definition) is 5. The van der Waals surface area contributed by atoms with E-state index in [-0.39, 0.29) is 5.92 Å². The Balaban J connectivity index is 2.08. The number of aromatic nitrogens is 5. The Bertz CT molecular complexity index is 716. The predicted molar refractivity (Wildman–Crippen MR) is 71.7 cm³/mol. The van der Waals surface area contributed by atoms with Gasteiger partial charge in [-0.3, -0.25) is 4.40 Å². The van der Waals surface area contributed by atoms with E-state index in [1.165, 1.54) is 0 Å². The van der Waals surface area contributed by atoms with Crippen molar-refractivity contribution >= 4 is 11.5 Å². The van der Waals surface area contributed by atoms with Gasteiger partial charge in [-0.15, -0.1) is 15.3 Å². The first-order valence-electron chi connectivity index (χ1n) is 6.05. The highest BCUT2D eigenvalue weighted by Gasteiger charge is 2.17. The van der Waals surface area contributed by atoms with E-state index in [9.17, 15) is 0 Å². The van der Waals surface area contributed by atoms with E-state index in [1.54, 1.807) is 6.07 Å². The summed E-state index contributed by atoms with van der Waals surface area (Å²) in [6, 6.07) is 7.58. The summed E-state index contributed by atoms with van der Waals surface area (Å²) in [5, 5.41) is 16.4. The highest BCUT2D eigenvalue weighted by molar-refractivity contribution is 5.40. The molecule has 2 N–H and O–H groups in total. The summed E-state index contributed by atoms with van der Waals surface area (Å²) >= 11 is 0. The van der Waals surface area contributed by atoms with Crippen LogP contribution in [0.4, 0.5) is 5.82 Å². The van der Waals surface area contributed by atoms with Crippen molar-refractivity contribution in [3.05, 3.63) is 47.5 Å². The molecule has 0 amide bonds. The number of nitrogens with two attached hydrogens (primary N) is 1. The van der Waals surface area contributed by atoms with Gasteiger partial charge in [0.15, 0.2) is 5.65 Å². The van der Waals surface area contributed by atoms with Crippen LogP contribution in [-0.4, -0.2) is 24.8 Å². The van der Waals surface area contributed by atoms with Gasteiger partial charge in [-0.1, -0.05) is 6.07 Å². The molecule has 6 heteroatoms. The molecule has 0 saturated carbocycles. The lowest BCUT2D eigenvalue weighted by Crippen LogP contribution is -2.06. The van der Waals surface area contributed by atoms with Crippen LogP contribution in [0.3, 0.4) is 0 Å². The maximum Gasteiger partial charge on any atom is 0.160 e. The van der Waals surface area contributed by atoms with Crippen molar-refractivity contribution in [1.82, 2.24) is 24.8 Å². The Morgan fingerprint density at radius 1 is 1.05 bits per heavy atom. The average molecular weight is 254 g/mol. The summed E-state index contributed by atoms with van der Waals surface area (Å²) < 4.78 is 1.98. The van der Waals surface area contributed by atoms with Crippen molar-refractivity contribution < 1.29 is 0 Å². The first-order chi connectivity index (χ1) is 9.15. The van der Waals surface area contributed by atoms with Crippen molar-refractivity contribution in [2.45, 2.75) is 19.8 Å². The van der Waals surface area contributed by atoms with Crippen LogP contribution in [0.25, 0.3) is 5.65 Å². The third kappa shape index (κ3) is 2.01. The molecule has 3 aromatic heterocycles. The van der Waals surface area contributed by atoms with Crippen molar-refractivity contribution in [1.29, 1.82) is 0 Å². The monoisotopic (exact) mass is 254 g/mol. The first-order valence-corrected chi connectivity index (χ1v) is 6.05. The fourth-order valence-corrected chi connectivity index (χ4v) is 2.03. The molecule has 0 aromatic carbocycles. The summed E-state index contributed by atoms with van der Waals surface area (Å²) in [5.41, 5.74) is 8.36. The van der Waals surface area contributed by atoms with E-state index in [2.05, 4.69) is 20.4 Å². The summed E-state index contributed by atoms with van der Waals surface area (Å²) in [6.45, 7) is 4.07. The molecule has 3 aromatic rings. The standard InChI is InChI=1S/C13H14N6/c1-8-3-6-12-17-18-13(19(12)7-8)9(2)10-4-5-11(14)16-15-10/h3-7,9H,1-2H3,(H2,14,16). The summed E-state index contributed by atoms with van der Waals surface area (Å²) in [4.78, 5) is 0. The van der Waals surface area contributed by atoms with Gasteiger partial charge in [-0.05, 0) is 37.6 Å². The molecule has 0 radical (unpaired) electrons. The number of pyridine rings is 1. The number of nitrogens with zero attached hydrogens (tertiary/aromatic N) is 5. The van der Waals surface area contributed by atoms with E-state index in [4.69, 9.17) is 5.73 Å². The van der Waals surface area contributed by atoms with Crippen molar-refractivity contribution in [2.75, 3.05) is 5.73 Å². The minimum absolute atomic E-state index is 0.00454. The lowest BCUT2D eigenvalue weighted by molar-refractivity contribution is 0.750. The number of aryl methyl sites for hydroxylation is 1. The molecule has 0 aliphatic rings. The zero-order valence-electron chi connectivity index (χ0n) is 10.8. The van der Waals surface area contributed by atoms with Crippen LogP contribution in [0.5, 0.6) is 0 Å². The molecule has 0 bridgehead atoms. The van der Waals surface area contributed by atoms with E-state index in [0.717, 1.165) is 22.7 Å². The molecule has 0 aliphatic carbocycles. The predicted octanol–water partition coefficient (Wildman–Crippen LogP) is 1.56. The highest BCUT2D eigenvalue weighted by Crippen LogP contribution is 2.21. The van der Waals surface area contributed by atoms with Gasteiger partial charge in [0.2, 0.25) is 0 Å². The Labute approximate surface area is 110 Å².